The summed E-state index contributed by atoms with van der Waals surface area (Å²) in [6.45, 7) is 0.807. The van der Waals surface area contributed by atoms with Crippen molar-refractivity contribution in [1.29, 1.82) is 0 Å². The minimum absolute atomic E-state index is 0.0130. The largest absolute Gasteiger partial charge is 0.376 e. The summed E-state index contributed by atoms with van der Waals surface area (Å²) in [4.78, 5) is 26.0. The van der Waals surface area contributed by atoms with Gasteiger partial charge in [-0.3, -0.25) is 14.5 Å². The summed E-state index contributed by atoms with van der Waals surface area (Å²) < 4.78 is 5.45. The van der Waals surface area contributed by atoms with Crippen molar-refractivity contribution in [3.63, 3.8) is 0 Å². The van der Waals surface area contributed by atoms with Crippen molar-refractivity contribution in [3.8, 4) is 0 Å². The number of imide groups is 1. The predicted octanol–water partition coefficient (Wildman–Crippen LogP) is 4.08. The number of benzene rings is 1. The fourth-order valence-electron chi connectivity index (χ4n) is 2.55. The molecule has 0 saturated carbocycles. The van der Waals surface area contributed by atoms with Gasteiger partial charge in [-0.05, 0) is 12.8 Å². The third kappa shape index (κ3) is 2.34. The van der Waals surface area contributed by atoms with Crippen LogP contribution in [0.15, 0.2) is 0 Å². The average Bonchev–Trinajstić information content (AvgIpc) is 3.05. The van der Waals surface area contributed by atoms with Gasteiger partial charge in [-0.2, -0.15) is 0 Å². The van der Waals surface area contributed by atoms with Gasteiger partial charge in [-0.15, -0.1) is 0 Å². The Kier molecular flexibility index (Phi) is 4.10. The number of halogens is 4. The molecule has 1 aromatic carbocycles. The van der Waals surface area contributed by atoms with Crippen molar-refractivity contribution in [2.45, 2.75) is 18.9 Å². The van der Waals surface area contributed by atoms with E-state index in [1.807, 2.05) is 0 Å². The van der Waals surface area contributed by atoms with Gasteiger partial charge in [-0.25, -0.2) is 0 Å². The van der Waals surface area contributed by atoms with Crippen LogP contribution >= 0.6 is 46.4 Å². The van der Waals surface area contributed by atoms with Crippen molar-refractivity contribution >= 4 is 58.2 Å². The molecule has 0 N–H and O–H groups in total. The molecule has 0 bridgehead atoms. The first-order valence-corrected chi connectivity index (χ1v) is 7.78. The fourth-order valence-corrected chi connectivity index (χ4v) is 3.57. The first-order chi connectivity index (χ1) is 9.93. The van der Waals surface area contributed by atoms with Crippen LogP contribution in [0.5, 0.6) is 0 Å². The van der Waals surface area contributed by atoms with Gasteiger partial charge in [0.1, 0.15) is 0 Å². The number of hydrogen-bond acceptors (Lipinski definition) is 3. The lowest BCUT2D eigenvalue weighted by Gasteiger charge is -2.18. The van der Waals surface area contributed by atoms with E-state index in [1.165, 1.54) is 0 Å². The van der Waals surface area contributed by atoms with Crippen LogP contribution in [0.3, 0.4) is 0 Å². The summed E-state index contributed by atoms with van der Waals surface area (Å²) in [7, 11) is 0. The molecule has 0 radical (unpaired) electrons. The van der Waals surface area contributed by atoms with Crippen LogP contribution in [0.25, 0.3) is 0 Å². The normalized spacial score (nSPS) is 21.3. The zero-order valence-corrected chi connectivity index (χ0v) is 13.6. The Balaban J connectivity index is 2.04. The first-order valence-electron chi connectivity index (χ1n) is 6.27. The summed E-state index contributed by atoms with van der Waals surface area (Å²) in [5, 5.41) is -0.145. The number of rotatable bonds is 2. The third-order valence-electron chi connectivity index (χ3n) is 3.60. The van der Waals surface area contributed by atoms with Crippen molar-refractivity contribution < 1.29 is 14.3 Å². The molecule has 1 saturated heterocycles. The molecular weight excluding hydrogens is 360 g/mol. The van der Waals surface area contributed by atoms with Crippen LogP contribution in [-0.2, 0) is 4.74 Å². The molecule has 0 spiro atoms. The molecule has 2 heterocycles. The molecule has 0 aliphatic carbocycles. The van der Waals surface area contributed by atoms with E-state index < -0.39 is 11.8 Å². The quantitative estimate of drug-likeness (QED) is 0.449. The second-order valence-electron chi connectivity index (χ2n) is 4.86. The monoisotopic (exact) mass is 367 g/mol. The van der Waals surface area contributed by atoms with Crippen molar-refractivity contribution in [1.82, 2.24) is 4.90 Å². The maximum atomic E-state index is 12.4. The van der Waals surface area contributed by atoms with Crippen molar-refractivity contribution in [2.24, 2.45) is 0 Å². The highest BCUT2D eigenvalue weighted by atomic mass is 35.5. The highest BCUT2D eigenvalue weighted by molar-refractivity contribution is 6.55. The Morgan fingerprint density at radius 1 is 0.952 bits per heavy atom. The molecule has 1 fully saturated rings. The lowest BCUT2D eigenvalue weighted by Crippen LogP contribution is -2.36. The van der Waals surface area contributed by atoms with Gasteiger partial charge in [-0.1, -0.05) is 46.4 Å². The standard InChI is InChI=1S/C13H9Cl4NO3/c14-8-6-7(9(15)11(17)10(8)16)13(20)18(12(6)19)4-5-2-1-3-21-5/h5H,1-4H2/t5-/m0/s1. The maximum Gasteiger partial charge on any atom is 0.263 e. The zero-order chi connectivity index (χ0) is 15.3. The molecule has 0 aromatic heterocycles. The van der Waals surface area contributed by atoms with Crippen molar-refractivity contribution in [3.05, 3.63) is 31.2 Å². The lowest BCUT2D eigenvalue weighted by molar-refractivity contribution is 0.0475. The summed E-state index contributed by atoms with van der Waals surface area (Å²) in [6, 6.07) is 0. The Morgan fingerprint density at radius 3 is 1.90 bits per heavy atom. The molecule has 0 unspecified atom stereocenters. The summed E-state index contributed by atoms with van der Waals surface area (Å²) in [5.41, 5.74) is 0.0260. The minimum atomic E-state index is -0.518. The van der Waals surface area contributed by atoms with Crippen molar-refractivity contribution in [2.75, 3.05) is 13.2 Å². The topological polar surface area (TPSA) is 46.6 Å². The van der Waals surface area contributed by atoms with Gasteiger partial charge in [0.05, 0.1) is 43.9 Å². The van der Waals surface area contributed by atoms with Crippen LogP contribution in [0, 0.1) is 0 Å². The highest BCUT2D eigenvalue weighted by Crippen LogP contribution is 2.44. The second-order valence-corrected chi connectivity index (χ2v) is 6.37. The molecule has 1 atom stereocenters. The van der Waals surface area contributed by atoms with Gasteiger partial charge in [0.25, 0.3) is 11.8 Å². The highest BCUT2D eigenvalue weighted by Gasteiger charge is 2.42. The molecule has 8 heteroatoms. The van der Waals surface area contributed by atoms with Crippen LogP contribution in [0.1, 0.15) is 33.6 Å². The maximum absolute atomic E-state index is 12.4. The average molecular weight is 369 g/mol. The van der Waals surface area contributed by atoms with E-state index in [2.05, 4.69) is 0 Å². The zero-order valence-electron chi connectivity index (χ0n) is 10.6. The number of ether oxygens (including phenoxy) is 1. The number of fused-ring (bicyclic) bond motifs is 1. The Labute approximate surface area is 140 Å². The molecule has 3 rings (SSSR count). The summed E-state index contributed by atoms with van der Waals surface area (Å²) >= 11 is 24.0. The van der Waals surface area contributed by atoms with Gasteiger partial charge in [0, 0.05) is 6.61 Å². The first kappa shape index (κ1) is 15.4. The van der Waals surface area contributed by atoms with E-state index >= 15 is 0 Å². The summed E-state index contributed by atoms with van der Waals surface area (Å²) in [6.07, 6.45) is 1.55. The van der Waals surface area contributed by atoms with Gasteiger partial charge < -0.3 is 4.74 Å². The van der Waals surface area contributed by atoms with Gasteiger partial charge >= 0.3 is 0 Å². The third-order valence-corrected chi connectivity index (χ3v) is 5.40. The van der Waals surface area contributed by atoms with Crippen LogP contribution in [0.4, 0.5) is 0 Å². The molecule has 2 aliphatic rings. The van der Waals surface area contributed by atoms with E-state index in [1.54, 1.807) is 0 Å². The van der Waals surface area contributed by atoms with E-state index in [0.29, 0.717) is 6.61 Å². The van der Waals surface area contributed by atoms with E-state index in [9.17, 15) is 9.59 Å². The smallest absolute Gasteiger partial charge is 0.263 e. The Hall–Kier alpha value is -0.520. The predicted molar refractivity (Wildman–Crippen MR) is 80.8 cm³/mol. The fraction of sp³-hybridized carbons (Fsp3) is 0.385. The molecular formula is C13H9Cl4NO3. The summed E-state index contributed by atoms with van der Waals surface area (Å²) in [5.74, 6) is -1.04. The Morgan fingerprint density at radius 2 is 1.48 bits per heavy atom. The van der Waals surface area contributed by atoms with Crippen LogP contribution in [0.2, 0.25) is 20.1 Å². The van der Waals surface area contributed by atoms with Gasteiger partial charge in [0.2, 0.25) is 0 Å². The number of hydrogen-bond donors (Lipinski definition) is 0. The molecule has 4 nitrogen and oxygen atoms in total. The second kappa shape index (κ2) is 5.60. The number of amides is 2. The molecule has 2 aliphatic heterocycles. The minimum Gasteiger partial charge on any atom is -0.376 e. The van der Waals surface area contributed by atoms with Gasteiger partial charge in [0.15, 0.2) is 0 Å². The number of carbonyl (C=O) groups excluding carboxylic acids is 2. The lowest BCUT2D eigenvalue weighted by atomic mass is 10.1. The van der Waals surface area contributed by atoms with E-state index in [4.69, 9.17) is 51.1 Å². The van der Waals surface area contributed by atoms with E-state index in [-0.39, 0.29) is 43.9 Å². The number of carbonyl (C=O) groups is 2. The SMILES string of the molecule is O=C1c2c(Cl)c(Cl)c(Cl)c(Cl)c2C(=O)N1C[C@@H]1CCCO1. The molecule has 21 heavy (non-hydrogen) atoms. The van der Waals surface area contributed by atoms with Crippen LogP contribution in [-0.4, -0.2) is 36.0 Å². The number of nitrogens with zero attached hydrogens (tertiary/aromatic N) is 1. The molecule has 2 amide bonds. The molecule has 1 aromatic rings. The molecule has 112 valence electrons. The van der Waals surface area contributed by atoms with E-state index in [0.717, 1.165) is 17.7 Å². The van der Waals surface area contributed by atoms with Crippen LogP contribution < -0.4 is 0 Å². The Bertz CT molecular complexity index is 609.